The molecule has 1 N–H and O–H groups in total. The van der Waals surface area contributed by atoms with E-state index in [1.54, 1.807) is 31.4 Å². The average Bonchev–Trinajstić information content (AvgIpc) is 2.67. The molecule has 0 bridgehead atoms. The van der Waals surface area contributed by atoms with Gasteiger partial charge in [0.25, 0.3) is 5.91 Å². The van der Waals surface area contributed by atoms with Crippen LogP contribution in [0.3, 0.4) is 0 Å². The Balaban J connectivity index is 1.68. The molecule has 27 heavy (non-hydrogen) atoms. The number of esters is 1. The van der Waals surface area contributed by atoms with Gasteiger partial charge in [0.1, 0.15) is 11.6 Å². The molecule has 2 aromatic rings. The molecule has 1 amide bonds. The zero-order valence-corrected chi connectivity index (χ0v) is 15.0. The Kier molecular flexibility index (Phi) is 7.57. The van der Waals surface area contributed by atoms with Crippen LogP contribution in [-0.4, -0.2) is 38.4 Å². The van der Waals surface area contributed by atoms with Gasteiger partial charge in [-0.25, -0.2) is 9.18 Å². The van der Waals surface area contributed by atoms with Gasteiger partial charge < -0.3 is 19.6 Å². The summed E-state index contributed by atoms with van der Waals surface area (Å²) in [6.45, 7) is -0.984. The van der Waals surface area contributed by atoms with Gasteiger partial charge in [0.15, 0.2) is 6.61 Å². The van der Waals surface area contributed by atoms with E-state index < -0.39 is 30.9 Å². The molecule has 0 fully saturated rings. The molecule has 2 rings (SSSR count). The lowest BCUT2D eigenvalue weighted by atomic mass is 10.2. The van der Waals surface area contributed by atoms with Crippen LogP contribution < -0.4 is 10.1 Å². The summed E-state index contributed by atoms with van der Waals surface area (Å²) in [4.78, 5) is 28.0. The number of nitrogens with zero attached hydrogens (tertiary/aromatic N) is 1. The molecular formula is C18H16ClFN2O5. The number of carbonyl (C=O) groups is 2. The van der Waals surface area contributed by atoms with Crippen LogP contribution in [0.1, 0.15) is 5.56 Å². The van der Waals surface area contributed by atoms with Crippen molar-refractivity contribution in [3.8, 4) is 5.75 Å². The fourth-order valence-electron chi connectivity index (χ4n) is 1.84. The minimum atomic E-state index is -0.769. The van der Waals surface area contributed by atoms with E-state index in [-0.39, 0.29) is 10.7 Å². The van der Waals surface area contributed by atoms with Gasteiger partial charge >= 0.3 is 5.97 Å². The van der Waals surface area contributed by atoms with Crippen LogP contribution in [0.4, 0.5) is 10.1 Å². The van der Waals surface area contributed by atoms with Gasteiger partial charge in [-0.05, 0) is 48.0 Å². The van der Waals surface area contributed by atoms with E-state index >= 15 is 0 Å². The molecule has 0 unspecified atom stereocenters. The second-order valence-corrected chi connectivity index (χ2v) is 5.53. The highest BCUT2D eigenvalue weighted by Crippen LogP contribution is 2.19. The van der Waals surface area contributed by atoms with Gasteiger partial charge in [0.05, 0.1) is 18.3 Å². The second-order valence-electron chi connectivity index (χ2n) is 5.12. The second kappa shape index (κ2) is 10.1. The molecule has 0 atom stereocenters. The summed E-state index contributed by atoms with van der Waals surface area (Å²) in [7, 11) is 1.56. The molecule has 0 heterocycles. The number of amides is 1. The van der Waals surface area contributed by atoms with Crippen LogP contribution in [0.15, 0.2) is 47.6 Å². The number of hydrogen-bond donors (Lipinski definition) is 1. The maximum absolute atomic E-state index is 13.0. The first-order valence-electron chi connectivity index (χ1n) is 7.68. The highest BCUT2D eigenvalue weighted by atomic mass is 35.5. The van der Waals surface area contributed by atoms with Crippen molar-refractivity contribution in [3.05, 3.63) is 58.9 Å². The fourth-order valence-corrected chi connectivity index (χ4v) is 2.02. The molecule has 0 radical (unpaired) electrons. The number of hydrogen-bond acceptors (Lipinski definition) is 6. The van der Waals surface area contributed by atoms with Crippen molar-refractivity contribution in [2.45, 2.75) is 0 Å². The Bertz CT molecular complexity index is 827. The van der Waals surface area contributed by atoms with Gasteiger partial charge in [-0.3, -0.25) is 4.79 Å². The van der Waals surface area contributed by atoms with Crippen LogP contribution in [0.2, 0.25) is 5.02 Å². The number of carbonyl (C=O) groups excluding carboxylic acids is 2. The van der Waals surface area contributed by atoms with Crippen molar-refractivity contribution in [2.24, 2.45) is 5.16 Å². The molecule has 0 spiro atoms. The number of ether oxygens (including phenoxy) is 2. The predicted octanol–water partition coefficient (Wildman–Crippen LogP) is 3.02. The van der Waals surface area contributed by atoms with Crippen molar-refractivity contribution >= 4 is 35.4 Å². The van der Waals surface area contributed by atoms with Gasteiger partial charge in [0, 0.05) is 5.69 Å². The summed E-state index contributed by atoms with van der Waals surface area (Å²) in [6.07, 6.45) is 1.41. The number of benzene rings is 2. The van der Waals surface area contributed by atoms with Crippen molar-refractivity contribution in [1.29, 1.82) is 0 Å². The van der Waals surface area contributed by atoms with Crippen LogP contribution >= 0.6 is 11.6 Å². The Hall–Kier alpha value is -3.13. The van der Waals surface area contributed by atoms with E-state index in [0.717, 1.165) is 11.6 Å². The number of oxime groups is 1. The van der Waals surface area contributed by atoms with Crippen LogP contribution in [0.25, 0.3) is 0 Å². The average molecular weight is 395 g/mol. The molecule has 0 saturated heterocycles. The quantitative estimate of drug-likeness (QED) is 0.422. The first-order chi connectivity index (χ1) is 13.0. The van der Waals surface area contributed by atoms with Gasteiger partial charge in [-0.1, -0.05) is 16.8 Å². The largest absolute Gasteiger partial charge is 0.497 e. The van der Waals surface area contributed by atoms with Crippen LogP contribution in [-0.2, 0) is 19.2 Å². The lowest BCUT2D eigenvalue weighted by Crippen LogP contribution is -2.22. The third-order valence-electron chi connectivity index (χ3n) is 3.14. The van der Waals surface area contributed by atoms with E-state index in [2.05, 4.69) is 10.5 Å². The molecule has 7 nitrogen and oxygen atoms in total. The molecule has 2 aromatic carbocycles. The van der Waals surface area contributed by atoms with Crippen molar-refractivity contribution < 1.29 is 28.3 Å². The molecule has 0 aliphatic carbocycles. The number of methoxy groups -OCH3 is 1. The Morgan fingerprint density at radius 3 is 2.59 bits per heavy atom. The standard InChI is InChI=1S/C18H16ClFN2O5/c1-25-14-5-2-12(3-6-14)9-21-27-11-18(24)26-10-17(23)22-13-4-7-16(20)15(19)8-13/h2-9H,10-11H2,1H3,(H,22,23)/b21-9-. The number of anilines is 1. The van der Waals surface area contributed by atoms with Gasteiger partial charge in [0.2, 0.25) is 6.61 Å². The van der Waals surface area contributed by atoms with E-state index in [0.29, 0.717) is 5.75 Å². The molecule has 0 aromatic heterocycles. The van der Waals surface area contributed by atoms with Crippen molar-refractivity contribution in [3.63, 3.8) is 0 Å². The van der Waals surface area contributed by atoms with E-state index in [1.165, 1.54) is 18.3 Å². The third-order valence-corrected chi connectivity index (χ3v) is 3.43. The predicted molar refractivity (Wildman–Crippen MR) is 97.5 cm³/mol. The lowest BCUT2D eigenvalue weighted by Gasteiger charge is -2.06. The molecule has 0 aliphatic heterocycles. The first kappa shape index (κ1) is 20.2. The van der Waals surface area contributed by atoms with E-state index in [1.807, 2.05) is 0 Å². The summed E-state index contributed by atoms with van der Waals surface area (Å²) < 4.78 is 22.8. The Labute approximate surface area is 159 Å². The Morgan fingerprint density at radius 1 is 1.19 bits per heavy atom. The number of rotatable bonds is 8. The SMILES string of the molecule is COc1ccc(/C=N\OCC(=O)OCC(=O)Nc2ccc(F)c(Cl)c2)cc1. The number of nitrogens with one attached hydrogen (secondary N) is 1. The number of halogens is 2. The highest BCUT2D eigenvalue weighted by molar-refractivity contribution is 6.31. The minimum absolute atomic E-state index is 0.132. The minimum Gasteiger partial charge on any atom is -0.497 e. The van der Waals surface area contributed by atoms with Crippen LogP contribution in [0, 0.1) is 5.82 Å². The summed E-state index contributed by atoms with van der Waals surface area (Å²) in [5.41, 5.74) is 1.03. The van der Waals surface area contributed by atoms with Gasteiger partial charge in [-0.15, -0.1) is 0 Å². The topological polar surface area (TPSA) is 86.2 Å². The molecule has 0 aliphatic rings. The van der Waals surface area contributed by atoms with Crippen molar-refractivity contribution in [2.75, 3.05) is 25.6 Å². The normalized spacial score (nSPS) is 10.5. The summed E-state index contributed by atoms with van der Waals surface area (Å²) in [5, 5.41) is 5.92. The highest BCUT2D eigenvalue weighted by Gasteiger charge is 2.09. The smallest absolute Gasteiger partial charge is 0.347 e. The molecule has 0 saturated carbocycles. The van der Waals surface area contributed by atoms with Crippen molar-refractivity contribution in [1.82, 2.24) is 0 Å². The molecular weight excluding hydrogens is 379 g/mol. The van der Waals surface area contributed by atoms with Gasteiger partial charge in [-0.2, -0.15) is 0 Å². The van der Waals surface area contributed by atoms with E-state index in [9.17, 15) is 14.0 Å². The lowest BCUT2D eigenvalue weighted by molar-refractivity contribution is -0.151. The maximum Gasteiger partial charge on any atom is 0.347 e. The monoisotopic (exact) mass is 394 g/mol. The maximum atomic E-state index is 13.0. The van der Waals surface area contributed by atoms with Crippen LogP contribution in [0.5, 0.6) is 5.75 Å². The first-order valence-corrected chi connectivity index (χ1v) is 8.05. The molecule has 142 valence electrons. The summed E-state index contributed by atoms with van der Waals surface area (Å²) in [6, 6.07) is 10.7. The third kappa shape index (κ3) is 6.95. The van der Waals surface area contributed by atoms with E-state index in [4.69, 9.17) is 25.9 Å². The zero-order chi connectivity index (χ0) is 19.6. The molecule has 9 heteroatoms. The summed E-state index contributed by atoms with van der Waals surface area (Å²) in [5.74, 6) is -1.27. The summed E-state index contributed by atoms with van der Waals surface area (Å²) >= 11 is 5.61. The zero-order valence-electron chi connectivity index (χ0n) is 14.3. The fraction of sp³-hybridized carbons (Fsp3) is 0.167. The Morgan fingerprint density at radius 2 is 1.93 bits per heavy atom.